The van der Waals surface area contributed by atoms with Crippen molar-refractivity contribution in [1.29, 1.82) is 0 Å². The topological polar surface area (TPSA) is 42.0 Å². The number of ketones is 1. The second-order valence-electron chi connectivity index (χ2n) is 3.36. The van der Waals surface area contributed by atoms with Crippen LogP contribution in [0.3, 0.4) is 0 Å². The number of hydrogen-bond acceptors (Lipinski definition) is 3. The summed E-state index contributed by atoms with van der Waals surface area (Å²) in [6.45, 7) is 1.69. The summed E-state index contributed by atoms with van der Waals surface area (Å²) in [4.78, 5) is 15.5. The smallest absolute Gasteiger partial charge is 0.142 e. The van der Waals surface area contributed by atoms with Crippen LogP contribution in [-0.2, 0) is 11.2 Å². The minimum atomic E-state index is 0.236. The molecule has 3 heteroatoms. The maximum absolute atomic E-state index is 11.5. The molecule has 1 aromatic heterocycles. The number of carbonyl (C=O) groups is 1. The molecule has 1 N–H and O–H groups in total. The van der Waals surface area contributed by atoms with Gasteiger partial charge < -0.3 is 5.32 Å². The first-order valence-electron chi connectivity index (χ1n) is 4.48. The molecule has 0 atom stereocenters. The minimum absolute atomic E-state index is 0.236. The summed E-state index contributed by atoms with van der Waals surface area (Å²) in [6, 6.07) is 3.80. The van der Waals surface area contributed by atoms with E-state index in [2.05, 4.69) is 10.3 Å². The highest BCUT2D eigenvalue weighted by Crippen LogP contribution is 2.08. The normalized spacial score (nSPS) is 16.6. The SMILES string of the molecule is O=C(Cc1cccnc1)C1CNC1. The summed E-state index contributed by atoms with van der Waals surface area (Å²) >= 11 is 0. The van der Waals surface area contributed by atoms with Crippen LogP contribution >= 0.6 is 0 Å². The lowest BCUT2D eigenvalue weighted by Gasteiger charge is -2.25. The minimum Gasteiger partial charge on any atom is -0.315 e. The Kier molecular flexibility index (Phi) is 2.36. The Morgan fingerprint density at radius 3 is 3.00 bits per heavy atom. The van der Waals surface area contributed by atoms with E-state index in [9.17, 15) is 4.79 Å². The summed E-state index contributed by atoms with van der Waals surface area (Å²) in [5.41, 5.74) is 1.01. The molecule has 0 bridgehead atoms. The Balaban J connectivity index is 1.94. The number of Topliss-reactive ketones (excluding diaryl/α,β-unsaturated/α-hetero) is 1. The Morgan fingerprint density at radius 1 is 1.62 bits per heavy atom. The zero-order valence-corrected chi connectivity index (χ0v) is 7.36. The van der Waals surface area contributed by atoms with Gasteiger partial charge >= 0.3 is 0 Å². The molecule has 1 saturated heterocycles. The molecule has 0 saturated carbocycles. The molecule has 0 unspecified atom stereocenters. The standard InChI is InChI=1S/C10H12N2O/c13-10(9-6-12-7-9)4-8-2-1-3-11-5-8/h1-3,5,9,12H,4,6-7H2. The summed E-state index contributed by atoms with van der Waals surface area (Å²) in [5.74, 6) is 0.562. The van der Waals surface area contributed by atoms with E-state index in [1.54, 1.807) is 12.4 Å². The quantitative estimate of drug-likeness (QED) is 0.725. The van der Waals surface area contributed by atoms with Crippen LogP contribution in [-0.4, -0.2) is 23.9 Å². The second-order valence-corrected chi connectivity index (χ2v) is 3.36. The molecule has 0 amide bonds. The number of nitrogens with zero attached hydrogens (tertiary/aromatic N) is 1. The van der Waals surface area contributed by atoms with Crippen molar-refractivity contribution in [2.45, 2.75) is 6.42 Å². The second kappa shape index (κ2) is 3.66. The summed E-state index contributed by atoms with van der Waals surface area (Å²) in [5, 5.41) is 3.09. The Bertz CT molecular complexity index is 293. The fourth-order valence-electron chi connectivity index (χ4n) is 1.36. The molecule has 1 aliphatic heterocycles. The van der Waals surface area contributed by atoms with Gasteiger partial charge in [0.2, 0.25) is 0 Å². The van der Waals surface area contributed by atoms with Crippen molar-refractivity contribution in [2.75, 3.05) is 13.1 Å². The van der Waals surface area contributed by atoms with Crippen molar-refractivity contribution in [2.24, 2.45) is 5.92 Å². The van der Waals surface area contributed by atoms with Crippen molar-refractivity contribution in [3.63, 3.8) is 0 Å². The van der Waals surface area contributed by atoms with Crippen LogP contribution in [0.2, 0.25) is 0 Å². The summed E-state index contributed by atoms with van der Waals surface area (Å²) in [6.07, 6.45) is 4.00. The summed E-state index contributed by atoms with van der Waals surface area (Å²) < 4.78 is 0. The van der Waals surface area contributed by atoms with Crippen LogP contribution in [0.5, 0.6) is 0 Å². The zero-order valence-electron chi connectivity index (χ0n) is 7.36. The van der Waals surface area contributed by atoms with E-state index in [0.717, 1.165) is 18.7 Å². The number of hydrogen-bond donors (Lipinski definition) is 1. The molecule has 13 heavy (non-hydrogen) atoms. The van der Waals surface area contributed by atoms with Gasteiger partial charge in [0, 0.05) is 37.8 Å². The zero-order chi connectivity index (χ0) is 9.10. The maximum Gasteiger partial charge on any atom is 0.142 e. The number of carbonyl (C=O) groups excluding carboxylic acids is 1. The van der Waals surface area contributed by atoms with Crippen molar-refractivity contribution in [3.8, 4) is 0 Å². The van der Waals surface area contributed by atoms with Gasteiger partial charge in [0.15, 0.2) is 0 Å². The van der Waals surface area contributed by atoms with E-state index in [0.29, 0.717) is 12.2 Å². The molecular formula is C10H12N2O. The van der Waals surface area contributed by atoms with E-state index in [1.165, 1.54) is 0 Å². The molecule has 0 aliphatic carbocycles. The average Bonchev–Trinajstić information content (AvgIpc) is 2.02. The fraction of sp³-hybridized carbons (Fsp3) is 0.400. The lowest BCUT2D eigenvalue weighted by Crippen LogP contribution is -2.47. The Morgan fingerprint density at radius 2 is 2.46 bits per heavy atom. The van der Waals surface area contributed by atoms with Crippen LogP contribution in [0.15, 0.2) is 24.5 Å². The molecule has 1 fully saturated rings. The van der Waals surface area contributed by atoms with E-state index < -0.39 is 0 Å². The van der Waals surface area contributed by atoms with Crippen LogP contribution in [0.1, 0.15) is 5.56 Å². The molecule has 0 spiro atoms. The van der Waals surface area contributed by atoms with Crippen molar-refractivity contribution < 1.29 is 4.79 Å². The van der Waals surface area contributed by atoms with Crippen LogP contribution in [0, 0.1) is 5.92 Å². The fourth-order valence-corrected chi connectivity index (χ4v) is 1.36. The number of pyridine rings is 1. The monoisotopic (exact) mass is 176 g/mol. The van der Waals surface area contributed by atoms with Gasteiger partial charge in [0.1, 0.15) is 5.78 Å². The van der Waals surface area contributed by atoms with Gasteiger partial charge in [-0.15, -0.1) is 0 Å². The highest BCUT2D eigenvalue weighted by Gasteiger charge is 2.24. The van der Waals surface area contributed by atoms with Crippen molar-refractivity contribution in [1.82, 2.24) is 10.3 Å². The predicted molar refractivity (Wildman–Crippen MR) is 49.3 cm³/mol. The van der Waals surface area contributed by atoms with Crippen LogP contribution in [0.25, 0.3) is 0 Å². The maximum atomic E-state index is 11.5. The van der Waals surface area contributed by atoms with E-state index >= 15 is 0 Å². The highest BCUT2D eigenvalue weighted by molar-refractivity contribution is 5.84. The van der Waals surface area contributed by atoms with Crippen LogP contribution < -0.4 is 5.32 Å². The predicted octanol–water partition coefficient (Wildman–Crippen LogP) is 0.413. The Labute approximate surface area is 77.2 Å². The largest absolute Gasteiger partial charge is 0.315 e. The van der Waals surface area contributed by atoms with Crippen molar-refractivity contribution >= 4 is 5.78 Å². The van der Waals surface area contributed by atoms with Crippen molar-refractivity contribution in [3.05, 3.63) is 30.1 Å². The Hall–Kier alpha value is -1.22. The van der Waals surface area contributed by atoms with Crippen LogP contribution in [0.4, 0.5) is 0 Å². The van der Waals surface area contributed by atoms with Gasteiger partial charge in [0.05, 0.1) is 0 Å². The lowest BCUT2D eigenvalue weighted by atomic mass is 9.94. The third-order valence-electron chi connectivity index (χ3n) is 2.34. The molecule has 1 aromatic rings. The molecule has 0 radical (unpaired) electrons. The molecule has 68 valence electrons. The third-order valence-corrected chi connectivity index (χ3v) is 2.34. The molecule has 2 rings (SSSR count). The van der Waals surface area contributed by atoms with E-state index in [-0.39, 0.29) is 5.92 Å². The number of aromatic nitrogens is 1. The first-order chi connectivity index (χ1) is 6.36. The van der Waals surface area contributed by atoms with Gasteiger partial charge in [-0.3, -0.25) is 9.78 Å². The van der Waals surface area contributed by atoms with Gasteiger partial charge in [-0.1, -0.05) is 6.07 Å². The average molecular weight is 176 g/mol. The van der Waals surface area contributed by atoms with Gasteiger partial charge in [0.25, 0.3) is 0 Å². The van der Waals surface area contributed by atoms with E-state index in [4.69, 9.17) is 0 Å². The van der Waals surface area contributed by atoms with Gasteiger partial charge in [-0.05, 0) is 11.6 Å². The molecular weight excluding hydrogens is 164 g/mol. The van der Waals surface area contributed by atoms with E-state index in [1.807, 2.05) is 12.1 Å². The highest BCUT2D eigenvalue weighted by atomic mass is 16.1. The van der Waals surface area contributed by atoms with Gasteiger partial charge in [-0.25, -0.2) is 0 Å². The first-order valence-corrected chi connectivity index (χ1v) is 4.48. The number of rotatable bonds is 3. The number of nitrogens with one attached hydrogen (secondary N) is 1. The molecule has 2 heterocycles. The molecule has 0 aromatic carbocycles. The first kappa shape index (κ1) is 8.38. The third kappa shape index (κ3) is 1.92. The summed E-state index contributed by atoms with van der Waals surface area (Å²) in [7, 11) is 0. The lowest BCUT2D eigenvalue weighted by molar-refractivity contribution is -0.123. The molecule has 3 nitrogen and oxygen atoms in total. The van der Waals surface area contributed by atoms with Gasteiger partial charge in [-0.2, -0.15) is 0 Å². The molecule has 1 aliphatic rings.